The molecule has 3 aliphatic heterocycles. The van der Waals surface area contributed by atoms with Crippen LogP contribution >= 0.6 is 15.9 Å². The number of morpholine rings is 1. The van der Waals surface area contributed by atoms with Crippen LogP contribution in [0.2, 0.25) is 0 Å². The Morgan fingerprint density at radius 2 is 2.38 bits per heavy atom. The Bertz CT molecular complexity index is 402. The van der Waals surface area contributed by atoms with Crippen LogP contribution in [0.4, 0.5) is 5.82 Å². The molecule has 16 heavy (non-hydrogen) atoms. The van der Waals surface area contributed by atoms with E-state index in [9.17, 15) is 0 Å². The number of nitrogens with zero attached hydrogens (tertiary/aromatic N) is 2. The quantitative estimate of drug-likeness (QED) is 0.792. The molecule has 0 amide bonds. The van der Waals surface area contributed by atoms with Crippen LogP contribution in [-0.4, -0.2) is 30.3 Å². The summed E-state index contributed by atoms with van der Waals surface area (Å²) in [6.07, 6.45) is 4.74. The minimum Gasteiger partial charge on any atom is -0.374 e. The van der Waals surface area contributed by atoms with Crippen molar-refractivity contribution in [1.82, 2.24) is 4.98 Å². The van der Waals surface area contributed by atoms with E-state index in [1.54, 1.807) is 0 Å². The van der Waals surface area contributed by atoms with Crippen molar-refractivity contribution in [3.05, 3.63) is 22.3 Å². The van der Waals surface area contributed by atoms with Gasteiger partial charge in [-0.1, -0.05) is 0 Å². The minimum atomic E-state index is 0.412. The molecule has 4 rings (SSSR count). The maximum Gasteiger partial charge on any atom is 0.131 e. The van der Waals surface area contributed by atoms with Crippen LogP contribution in [0, 0.1) is 6.92 Å². The maximum absolute atomic E-state index is 5.71. The monoisotopic (exact) mass is 282 g/mol. The third-order valence-electron chi connectivity index (χ3n) is 3.48. The zero-order valence-corrected chi connectivity index (χ0v) is 10.9. The highest BCUT2D eigenvalue weighted by Crippen LogP contribution is 2.32. The number of anilines is 1. The van der Waals surface area contributed by atoms with Crippen molar-refractivity contribution in [2.75, 3.05) is 18.1 Å². The molecule has 4 heterocycles. The standard InChI is InChI=1S/C12H15BrN2O/c1-8-4-9(13)5-14-12(8)15-6-11-3-2-10(15)7-16-11/h4-5,10-11H,2-3,6-7H2,1H3. The molecule has 2 unspecified atom stereocenters. The van der Waals surface area contributed by atoms with Crippen LogP contribution in [0.15, 0.2) is 16.7 Å². The molecule has 86 valence electrons. The Morgan fingerprint density at radius 1 is 1.50 bits per heavy atom. The number of aryl methyl sites for hydroxylation is 1. The van der Waals surface area contributed by atoms with Crippen molar-refractivity contribution in [2.24, 2.45) is 0 Å². The van der Waals surface area contributed by atoms with E-state index in [2.05, 4.69) is 38.8 Å². The molecule has 0 spiro atoms. The zero-order valence-electron chi connectivity index (χ0n) is 9.32. The van der Waals surface area contributed by atoms with Gasteiger partial charge < -0.3 is 9.64 Å². The minimum absolute atomic E-state index is 0.412. The molecule has 0 radical (unpaired) electrons. The Morgan fingerprint density at radius 3 is 2.94 bits per heavy atom. The van der Waals surface area contributed by atoms with E-state index >= 15 is 0 Å². The lowest BCUT2D eigenvalue weighted by atomic mass is 9.96. The first-order valence-electron chi connectivity index (χ1n) is 5.74. The summed E-state index contributed by atoms with van der Waals surface area (Å²) in [5, 5.41) is 0. The Hall–Kier alpha value is -0.610. The first kappa shape index (κ1) is 10.5. The molecule has 1 aromatic rings. The van der Waals surface area contributed by atoms with Crippen LogP contribution in [0.5, 0.6) is 0 Å². The van der Waals surface area contributed by atoms with E-state index < -0.39 is 0 Å². The van der Waals surface area contributed by atoms with Gasteiger partial charge in [0.05, 0.1) is 18.8 Å². The molecule has 0 aromatic carbocycles. The van der Waals surface area contributed by atoms with Gasteiger partial charge in [0.25, 0.3) is 0 Å². The SMILES string of the molecule is Cc1cc(Br)cnc1N1CC2CCC1CO2. The van der Waals surface area contributed by atoms with E-state index in [1.807, 2.05) is 6.20 Å². The first-order valence-corrected chi connectivity index (χ1v) is 6.54. The largest absolute Gasteiger partial charge is 0.374 e. The van der Waals surface area contributed by atoms with E-state index in [0.29, 0.717) is 12.1 Å². The number of pyridine rings is 1. The fourth-order valence-electron chi connectivity index (χ4n) is 2.64. The van der Waals surface area contributed by atoms with Crippen LogP contribution < -0.4 is 4.90 Å². The number of fused-ring (bicyclic) bond motifs is 3. The lowest BCUT2D eigenvalue weighted by Crippen LogP contribution is -2.55. The second-order valence-electron chi connectivity index (χ2n) is 4.63. The molecule has 4 heteroatoms. The summed E-state index contributed by atoms with van der Waals surface area (Å²) >= 11 is 3.46. The summed E-state index contributed by atoms with van der Waals surface area (Å²) < 4.78 is 6.76. The topological polar surface area (TPSA) is 25.4 Å². The smallest absolute Gasteiger partial charge is 0.131 e. The number of hydrogen-bond donors (Lipinski definition) is 0. The van der Waals surface area contributed by atoms with Gasteiger partial charge in [0.1, 0.15) is 5.82 Å². The first-order chi connectivity index (χ1) is 7.74. The molecule has 2 atom stereocenters. The number of ether oxygens (including phenoxy) is 1. The van der Waals surface area contributed by atoms with Gasteiger partial charge in [-0.2, -0.15) is 0 Å². The molecule has 0 aliphatic carbocycles. The molecule has 3 fully saturated rings. The van der Waals surface area contributed by atoms with Crippen LogP contribution in [0.1, 0.15) is 18.4 Å². The summed E-state index contributed by atoms with van der Waals surface area (Å²) in [7, 11) is 0. The average molecular weight is 283 g/mol. The number of piperidine rings is 1. The molecule has 1 aromatic heterocycles. The van der Waals surface area contributed by atoms with Crippen molar-refractivity contribution in [2.45, 2.75) is 31.9 Å². The Kier molecular flexibility index (Phi) is 2.64. The molecule has 0 saturated carbocycles. The highest BCUT2D eigenvalue weighted by molar-refractivity contribution is 9.10. The summed E-state index contributed by atoms with van der Waals surface area (Å²) in [4.78, 5) is 6.96. The van der Waals surface area contributed by atoms with E-state index in [-0.39, 0.29) is 0 Å². The predicted octanol–water partition coefficient (Wildman–Crippen LogP) is 2.52. The highest BCUT2D eigenvalue weighted by Gasteiger charge is 2.35. The third-order valence-corrected chi connectivity index (χ3v) is 3.91. The second-order valence-corrected chi connectivity index (χ2v) is 5.55. The van der Waals surface area contributed by atoms with Crippen molar-refractivity contribution >= 4 is 21.7 Å². The zero-order chi connectivity index (χ0) is 11.1. The van der Waals surface area contributed by atoms with Gasteiger partial charge in [0.15, 0.2) is 0 Å². The normalized spacial score (nSPS) is 28.5. The van der Waals surface area contributed by atoms with Crippen molar-refractivity contribution in [3.63, 3.8) is 0 Å². The molecular formula is C12H15BrN2O. The van der Waals surface area contributed by atoms with Crippen molar-refractivity contribution < 1.29 is 4.74 Å². The van der Waals surface area contributed by atoms with Crippen molar-refractivity contribution in [1.29, 1.82) is 0 Å². The van der Waals surface area contributed by atoms with E-state index in [0.717, 1.165) is 23.4 Å². The summed E-state index contributed by atoms with van der Waals surface area (Å²) in [5.74, 6) is 1.13. The predicted molar refractivity (Wildman–Crippen MR) is 66.8 cm³/mol. The molecule has 3 saturated heterocycles. The molecule has 3 aliphatic rings. The number of halogens is 1. The van der Waals surface area contributed by atoms with Crippen LogP contribution in [-0.2, 0) is 4.74 Å². The summed E-state index contributed by atoms with van der Waals surface area (Å²) in [6, 6.07) is 2.66. The van der Waals surface area contributed by atoms with Gasteiger partial charge in [-0.05, 0) is 47.3 Å². The lowest BCUT2D eigenvalue weighted by Gasteiger charge is -2.46. The molecule has 0 N–H and O–H groups in total. The fraction of sp³-hybridized carbons (Fsp3) is 0.583. The molecule has 2 bridgehead atoms. The summed E-state index contributed by atoms with van der Waals surface area (Å²) in [5.41, 5.74) is 1.24. The van der Waals surface area contributed by atoms with E-state index in [1.165, 1.54) is 18.4 Å². The number of rotatable bonds is 1. The second kappa shape index (κ2) is 4.00. The van der Waals surface area contributed by atoms with Gasteiger partial charge in [0.2, 0.25) is 0 Å². The van der Waals surface area contributed by atoms with Gasteiger partial charge in [-0.25, -0.2) is 4.98 Å². The molecule has 3 nitrogen and oxygen atoms in total. The fourth-order valence-corrected chi connectivity index (χ4v) is 3.09. The summed E-state index contributed by atoms with van der Waals surface area (Å²) in [6.45, 7) is 3.98. The Labute approximate surface area is 104 Å². The number of aromatic nitrogens is 1. The Balaban J connectivity index is 1.92. The highest BCUT2D eigenvalue weighted by atomic mass is 79.9. The maximum atomic E-state index is 5.71. The van der Waals surface area contributed by atoms with E-state index in [4.69, 9.17) is 4.74 Å². The van der Waals surface area contributed by atoms with Crippen LogP contribution in [0.25, 0.3) is 0 Å². The third kappa shape index (κ3) is 1.74. The number of hydrogen-bond acceptors (Lipinski definition) is 3. The van der Waals surface area contributed by atoms with Crippen LogP contribution in [0.3, 0.4) is 0 Å². The van der Waals surface area contributed by atoms with Gasteiger partial charge in [0, 0.05) is 17.2 Å². The lowest BCUT2D eigenvalue weighted by molar-refractivity contribution is -0.0229. The molecular weight excluding hydrogens is 268 g/mol. The van der Waals surface area contributed by atoms with Gasteiger partial charge in [-0.15, -0.1) is 0 Å². The average Bonchev–Trinajstić information content (AvgIpc) is 2.30. The van der Waals surface area contributed by atoms with Gasteiger partial charge in [-0.3, -0.25) is 0 Å². The van der Waals surface area contributed by atoms with Crippen molar-refractivity contribution in [3.8, 4) is 0 Å². The van der Waals surface area contributed by atoms with Gasteiger partial charge >= 0.3 is 0 Å².